The van der Waals surface area contributed by atoms with Gasteiger partial charge in [0, 0.05) is 23.6 Å². The zero-order valence-corrected chi connectivity index (χ0v) is 17.9. The third-order valence-electron chi connectivity index (χ3n) is 4.36. The van der Waals surface area contributed by atoms with E-state index < -0.39 is 0 Å². The van der Waals surface area contributed by atoms with Gasteiger partial charge in [-0.1, -0.05) is 23.9 Å². The number of nitrogens with one attached hydrogen (secondary N) is 3. The number of amides is 3. The van der Waals surface area contributed by atoms with Crippen LogP contribution in [0.3, 0.4) is 0 Å². The molecule has 156 valence electrons. The normalized spacial score (nSPS) is 10.5. The highest BCUT2D eigenvalue weighted by atomic mass is 32.2. The summed E-state index contributed by atoms with van der Waals surface area (Å²) in [7, 11) is 0. The summed E-state index contributed by atoms with van der Waals surface area (Å²) in [4.78, 5) is 24.0. The Bertz CT molecular complexity index is 1050. The molecule has 1 heterocycles. The number of carbonyl (C=O) groups excluding carboxylic acids is 2. The second-order valence-corrected chi connectivity index (χ2v) is 7.60. The van der Waals surface area contributed by atoms with Crippen molar-refractivity contribution in [1.82, 2.24) is 20.1 Å². The highest BCUT2D eigenvalue weighted by molar-refractivity contribution is 7.99. The molecule has 0 bridgehead atoms. The molecule has 2 aromatic carbocycles. The molecule has 3 rings (SSSR count). The molecule has 30 heavy (non-hydrogen) atoms. The molecule has 0 radical (unpaired) electrons. The summed E-state index contributed by atoms with van der Waals surface area (Å²) in [6.07, 6.45) is 1.64. The molecule has 0 aliphatic carbocycles. The molecule has 0 fully saturated rings. The minimum absolute atomic E-state index is 0.176. The molecular formula is C21H24N6O2S. The predicted octanol–water partition coefficient (Wildman–Crippen LogP) is 3.76. The molecule has 0 saturated heterocycles. The predicted molar refractivity (Wildman–Crippen MR) is 119 cm³/mol. The van der Waals surface area contributed by atoms with Crippen LogP contribution >= 0.6 is 11.8 Å². The van der Waals surface area contributed by atoms with Crippen molar-refractivity contribution in [2.45, 2.75) is 25.9 Å². The van der Waals surface area contributed by atoms with Crippen molar-refractivity contribution in [2.24, 2.45) is 0 Å². The molecule has 0 unspecified atom stereocenters. The Kier molecular flexibility index (Phi) is 7.08. The van der Waals surface area contributed by atoms with Gasteiger partial charge in [0.2, 0.25) is 5.91 Å². The number of carbonyl (C=O) groups is 2. The molecule has 0 saturated carbocycles. The van der Waals surface area contributed by atoms with Crippen LogP contribution in [0.5, 0.6) is 0 Å². The summed E-state index contributed by atoms with van der Waals surface area (Å²) >= 11 is 1.30. The Hall–Kier alpha value is -3.33. The van der Waals surface area contributed by atoms with Gasteiger partial charge in [0.05, 0.1) is 5.75 Å². The minimum atomic E-state index is -0.290. The Morgan fingerprint density at radius 2 is 1.80 bits per heavy atom. The lowest BCUT2D eigenvalue weighted by molar-refractivity contribution is -0.113. The Balaban J connectivity index is 1.60. The van der Waals surface area contributed by atoms with Gasteiger partial charge in [0.1, 0.15) is 6.33 Å². The molecule has 3 aromatic rings. The zero-order valence-electron chi connectivity index (χ0n) is 17.1. The third-order valence-corrected chi connectivity index (χ3v) is 5.30. The maximum absolute atomic E-state index is 12.4. The SMILES string of the molecule is CCNC(=O)Nc1cccc(NC(=O)CSc2nncn2-c2ccc(C)c(C)c2)c1. The van der Waals surface area contributed by atoms with Crippen LogP contribution in [0.1, 0.15) is 18.1 Å². The number of rotatable bonds is 7. The number of aromatic nitrogens is 3. The fraction of sp³-hybridized carbons (Fsp3) is 0.238. The number of hydrogen-bond acceptors (Lipinski definition) is 5. The van der Waals surface area contributed by atoms with E-state index >= 15 is 0 Å². The van der Waals surface area contributed by atoms with Crippen LogP contribution in [0.2, 0.25) is 0 Å². The lowest BCUT2D eigenvalue weighted by Gasteiger charge is -2.10. The van der Waals surface area contributed by atoms with Gasteiger partial charge in [-0.25, -0.2) is 4.79 Å². The Labute approximate surface area is 179 Å². The van der Waals surface area contributed by atoms with Crippen LogP contribution in [-0.2, 0) is 4.79 Å². The third kappa shape index (κ3) is 5.60. The van der Waals surface area contributed by atoms with Crippen molar-refractivity contribution in [3.63, 3.8) is 0 Å². The topological polar surface area (TPSA) is 101 Å². The number of nitrogens with zero attached hydrogens (tertiary/aromatic N) is 3. The fourth-order valence-electron chi connectivity index (χ4n) is 2.71. The van der Waals surface area contributed by atoms with Crippen LogP contribution in [-0.4, -0.2) is 39.0 Å². The standard InChI is InChI=1S/C21H24N6O2S/c1-4-22-20(29)25-17-7-5-6-16(11-17)24-19(28)12-30-21-26-23-13-27(21)18-9-8-14(2)15(3)10-18/h5-11,13H,4,12H2,1-3H3,(H,24,28)(H2,22,25,29). The van der Waals surface area contributed by atoms with E-state index in [-0.39, 0.29) is 17.7 Å². The number of hydrogen-bond donors (Lipinski definition) is 3. The van der Waals surface area contributed by atoms with Crippen molar-refractivity contribution in [2.75, 3.05) is 22.9 Å². The summed E-state index contributed by atoms with van der Waals surface area (Å²) in [6, 6.07) is 12.8. The van der Waals surface area contributed by atoms with Crippen LogP contribution < -0.4 is 16.0 Å². The lowest BCUT2D eigenvalue weighted by Crippen LogP contribution is -2.28. The van der Waals surface area contributed by atoms with E-state index in [9.17, 15) is 9.59 Å². The van der Waals surface area contributed by atoms with Crippen LogP contribution in [0.4, 0.5) is 16.2 Å². The quantitative estimate of drug-likeness (QED) is 0.502. The van der Waals surface area contributed by atoms with Gasteiger partial charge in [-0.05, 0) is 62.2 Å². The largest absolute Gasteiger partial charge is 0.338 e. The number of benzene rings is 2. The highest BCUT2D eigenvalue weighted by Crippen LogP contribution is 2.22. The molecule has 0 aliphatic heterocycles. The number of aryl methyl sites for hydroxylation is 2. The van der Waals surface area contributed by atoms with Crippen molar-refractivity contribution in [1.29, 1.82) is 0 Å². The Morgan fingerprint density at radius 3 is 2.53 bits per heavy atom. The number of urea groups is 1. The summed E-state index contributed by atoms with van der Waals surface area (Å²) in [6.45, 7) is 6.49. The molecule has 0 aliphatic rings. The first-order valence-electron chi connectivity index (χ1n) is 9.51. The van der Waals surface area contributed by atoms with Crippen molar-refractivity contribution >= 4 is 35.1 Å². The summed E-state index contributed by atoms with van der Waals surface area (Å²) in [5.41, 5.74) is 4.54. The van der Waals surface area contributed by atoms with E-state index in [4.69, 9.17) is 0 Å². The first-order chi connectivity index (χ1) is 14.5. The average molecular weight is 425 g/mol. The summed E-state index contributed by atoms with van der Waals surface area (Å²) in [5, 5.41) is 17.0. The van der Waals surface area contributed by atoms with Crippen LogP contribution in [0, 0.1) is 13.8 Å². The summed E-state index contributed by atoms with van der Waals surface area (Å²) in [5.74, 6) is 0.00197. The first-order valence-corrected chi connectivity index (χ1v) is 10.5. The lowest BCUT2D eigenvalue weighted by atomic mass is 10.1. The van der Waals surface area contributed by atoms with Gasteiger partial charge in [0.15, 0.2) is 5.16 Å². The second-order valence-electron chi connectivity index (χ2n) is 6.65. The monoisotopic (exact) mass is 424 g/mol. The van der Waals surface area contributed by atoms with Gasteiger partial charge in [-0.2, -0.15) is 0 Å². The van der Waals surface area contributed by atoms with Crippen LogP contribution in [0.15, 0.2) is 53.9 Å². The van der Waals surface area contributed by atoms with Crippen molar-refractivity contribution < 1.29 is 9.59 Å². The molecular weight excluding hydrogens is 400 g/mol. The average Bonchev–Trinajstić information content (AvgIpc) is 3.17. The van der Waals surface area contributed by atoms with Gasteiger partial charge in [0.25, 0.3) is 0 Å². The minimum Gasteiger partial charge on any atom is -0.338 e. The maximum Gasteiger partial charge on any atom is 0.319 e. The molecule has 9 heteroatoms. The first kappa shape index (κ1) is 21.4. The van der Waals surface area contributed by atoms with Gasteiger partial charge < -0.3 is 16.0 Å². The highest BCUT2D eigenvalue weighted by Gasteiger charge is 2.11. The van der Waals surface area contributed by atoms with Crippen molar-refractivity contribution in [3.8, 4) is 5.69 Å². The molecule has 3 N–H and O–H groups in total. The van der Waals surface area contributed by atoms with Crippen LogP contribution in [0.25, 0.3) is 5.69 Å². The molecule has 8 nitrogen and oxygen atoms in total. The van der Waals surface area contributed by atoms with Gasteiger partial charge in [-0.3, -0.25) is 9.36 Å². The second kappa shape index (κ2) is 9.93. The smallest absolute Gasteiger partial charge is 0.319 e. The van der Waals surface area contributed by atoms with E-state index in [1.54, 1.807) is 30.6 Å². The number of anilines is 2. The van der Waals surface area contributed by atoms with E-state index in [1.807, 2.05) is 23.6 Å². The van der Waals surface area contributed by atoms with E-state index in [1.165, 1.54) is 22.9 Å². The Morgan fingerprint density at radius 1 is 1.03 bits per heavy atom. The fourth-order valence-corrected chi connectivity index (χ4v) is 3.44. The van der Waals surface area contributed by atoms with E-state index in [0.29, 0.717) is 23.1 Å². The zero-order chi connectivity index (χ0) is 21.5. The van der Waals surface area contributed by atoms with Gasteiger partial charge in [-0.15, -0.1) is 10.2 Å². The van der Waals surface area contributed by atoms with E-state index in [0.717, 1.165) is 5.69 Å². The molecule has 1 aromatic heterocycles. The molecule has 0 atom stereocenters. The van der Waals surface area contributed by atoms with E-state index in [2.05, 4.69) is 46.1 Å². The summed E-state index contributed by atoms with van der Waals surface area (Å²) < 4.78 is 1.86. The molecule has 3 amide bonds. The van der Waals surface area contributed by atoms with Gasteiger partial charge >= 0.3 is 6.03 Å². The number of thioether (sulfide) groups is 1. The van der Waals surface area contributed by atoms with Crippen molar-refractivity contribution in [3.05, 3.63) is 59.9 Å². The maximum atomic E-state index is 12.4. The molecule has 0 spiro atoms.